The Morgan fingerprint density at radius 3 is 1.91 bits per heavy atom. The zero-order chi connectivity index (χ0) is 23.8. The highest BCUT2D eigenvalue weighted by Gasteiger charge is 2.21. The van der Waals surface area contributed by atoms with E-state index in [0.717, 1.165) is 74.8 Å². The normalized spacial score (nSPS) is 12.7. The summed E-state index contributed by atoms with van der Waals surface area (Å²) >= 11 is 0. The molecule has 0 aliphatic heterocycles. The highest BCUT2D eigenvalue weighted by molar-refractivity contribution is 5.84. The third-order valence-electron chi connectivity index (χ3n) is 6.62. The van der Waals surface area contributed by atoms with Gasteiger partial charge < -0.3 is 19.8 Å². The van der Waals surface area contributed by atoms with Crippen molar-refractivity contribution in [2.75, 3.05) is 57.3 Å². The zero-order valence-electron chi connectivity index (χ0n) is 21.0. The topological polar surface area (TPSA) is 47.8 Å². The molecule has 0 radical (unpaired) electrons. The number of imidazole rings is 1. The Morgan fingerprint density at radius 2 is 1.33 bits per heavy atom. The third kappa shape index (κ3) is 5.94. The number of para-hydroxylation sites is 3. The van der Waals surface area contributed by atoms with E-state index < -0.39 is 6.23 Å². The van der Waals surface area contributed by atoms with Crippen LogP contribution in [0.5, 0.6) is 0 Å². The first kappa shape index (κ1) is 25.2. The molecule has 0 saturated heterocycles. The molecule has 3 rings (SSSR count). The van der Waals surface area contributed by atoms with Crippen LogP contribution >= 0.6 is 0 Å². The van der Waals surface area contributed by atoms with E-state index in [9.17, 15) is 5.11 Å². The number of likely N-dealkylation sites (N-methyl/N-ethyl adjacent to an activating group) is 2. The lowest BCUT2D eigenvalue weighted by Crippen LogP contribution is -2.40. The van der Waals surface area contributed by atoms with E-state index in [4.69, 9.17) is 4.98 Å². The molecule has 2 aromatic carbocycles. The number of nitrogens with zero attached hydrogens (tertiary/aromatic N) is 5. The van der Waals surface area contributed by atoms with Gasteiger partial charge in [-0.2, -0.15) is 0 Å². The van der Waals surface area contributed by atoms with Gasteiger partial charge in [-0.3, -0.25) is 4.57 Å². The molecule has 1 atom stereocenters. The average molecular weight is 452 g/mol. The third-order valence-corrected chi connectivity index (χ3v) is 6.62. The molecule has 0 aliphatic rings. The van der Waals surface area contributed by atoms with Crippen molar-refractivity contribution in [2.45, 2.75) is 40.8 Å². The van der Waals surface area contributed by atoms with Gasteiger partial charge in [-0.1, -0.05) is 52.0 Å². The first-order valence-electron chi connectivity index (χ1n) is 12.5. The molecule has 1 aromatic heterocycles. The Labute approximate surface area is 199 Å². The molecule has 1 N–H and O–H groups in total. The fourth-order valence-corrected chi connectivity index (χ4v) is 4.51. The fraction of sp³-hybridized carbons (Fsp3) is 0.519. The van der Waals surface area contributed by atoms with Crippen molar-refractivity contribution in [3.63, 3.8) is 0 Å². The maximum Gasteiger partial charge on any atom is 0.145 e. The summed E-state index contributed by atoms with van der Waals surface area (Å²) in [5.41, 5.74) is 4.10. The summed E-state index contributed by atoms with van der Waals surface area (Å²) in [7, 11) is 0. The standard InChI is InChI=1S/C27H41N5O/c1-6-29(7-2)18-20-31(21-19-30(8-3)9-4)25-16-12-10-14-23(25)27-28-24-15-11-13-17-26(24)32(27)22(5)33/h10-17,22,33H,6-9,18-21H2,1-5H3. The predicted octanol–water partition coefficient (Wildman–Crippen LogP) is 4.70. The molecule has 6 heteroatoms. The van der Waals surface area contributed by atoms with Crippen LogP contribution in [0.15, 0.2) is 48.5 Å². The number of aromatic nitrogens is 2. The van der Waals surface area contributed by atoms with Gasteiger partial charge in [0.15, 0.2) is 0 Å². The Balaban J connectivity index is 2.04. The smallest absolute Gasteiger partial charge is 0.145 e. The highest BCUT2D eigenvalue weighted by atomic mass is 16.3. The Bertz CT molecular complexity index is 975. The average Bonchev–Trinajstić information content (AvgIpc) is 3.23. The number of fused-ring (bicyclic) bond motifs is 1. The molecule has 3 aromatic rings. The lowest BCUT2D eigenvalue weighted by atomic mass is 10.1. The van der Waals surface area contributed by atoms with Crippen molar-refractivity contribution in [2.24, 2.45) is 0 Å². The molecule has 0 aliphatic carbocycles. The van der Waals surface area contributed by atoms with Gasteiger partial charge in [-0.25, -0.2) is 4.98 Å². The molecular formula is C27H41N5O. The SMILES string of the molecule is CCN(CC)CCN(CCN(CC)CC)c1ccccc1-c1nc2ccccc2n1C(C)O. The number of anilines is 1. The lowest BCUT2D eigenvalue weighted by Gasteiger charge is -2.32. The molecule has 1 unspecified atom stereocenters. The van der Waals surface area contributed by atoms with Crippen molar-refractivity contribution in [3.05, 3.63) is 48.5 Å². The van der Waals surface area contributed by atoms with Crippen molar-refractivity contribution >= 4 is 16.7 Å². The second-order valence-corrected chi connectivity index (χ2v) is 8.48. The van der Waals surface area contributed by atoms with Crippen molar-refractivity contribution in [3.8, 4) is 11.4 Å². The molecule has 0 amide bonds. The first-order chi connectivity index (χ1) is 16.0. The second kappa shape index (κ2) is 12.2. The van der Waals surface area contributed by atoms with E-state index in [1.165, 1.54) is 5.69 Å². The summed E-state index contributed by atoms with van der Waals surface area (Å²) in [6.45, 7) is 18.9. The number of hydrogen-bond donors (Lipinski definition) is 1. The predicted molar refractivity (Wildman–Crippen MR) is 140 cm³/mol. The number of aliphatic hydroxyl groups excluding tert-OH is 1. The summed E-state index contributed by atoms with van der Waals surface area (Å²) in [5.74, 6) is 0.817. The summed E-state index contributed by atoms with van der Waals surface area (Å²) in [6.07, 6.45) is -0.666. The molecular weight excluding hydrogens is 410 g/mol. The summed E-state index contributed by atoms with van der Waals surface area (Å²) in [4.78, 5) is 12.4. The van der Waals surface area contributed by atoms with E-state index in [1.54, 1.807) is 6.92 Å². The Kier molecular flexibility index (Phi) is 9.30. The van der Waals surface area contributed by atoms with Gasteiger partial charge in [0, 0.05) is 37.4 Å². The number of rotatable bonds is 13. The van der Waals surface area contributed by atoms with Crippen LogP contribution in [-0.2, 0) is 0 Å². The molecule has 6 nitrogen and oxygen atoms in total. The monoisotopic (exact) mass is 451 g/mol. The maximum absolute atomic E-state index is 10.7. The molecule has 33 heavy (non-hydrogen) atoms. The highest BCUT2D eigenvalue weighted by Crippen LogP contribution is 2.34. The van der Waals surface area contributed by atoms with Gasteiger partial charge in [0.05, 0.1) is 11.0 Å². The summed E-state index contributed by atoms with van der Waals surface area (Å²) < 4.78 is 1.95. The molecule has 0 fully saturated rings. The molecule has 0 bridgehead atoms. The Morgan fingerprint density at radius 1 is 0.788 bits per heavy atom. The van der Waals surface area contributed by atoms with Crippen LogP contribution in [0.4, 0.5) is 5.69 Å². The van der Waals surface area contributed by atoms with Gasteiger partial charge in [-0.15, -0.1) is 0 Å². The van der Waals surface area contributed by atoms with E-state index >= 15 is 0 Å². The molecule has 0 spiro atoms. The number of aliphatic hydroxyl groups is 1. The molecule has 0 saturated carbocycles. The molecule has 1 heterocycles. The number of benzene rings is 2. The zero-order valence-corrected chi connectivity index (χ0v) is 21.0. The first-order valence-corrected chi connectivity index (χ1v) is 12.5. The largest absolute Gasteiger partial charge is 0.373 e. The fourth-order valence-electron chi connectivity index (χ4n) is 4.51. The quantitative estimate of drug-likeness (QED) is 0.408. The van der Waals surface area contributed by atoms with E-state index in [-0.39, 0.29) is 0 Å². The van der Waals surface area contributed by atoms with Crippen LogP contribution in [-0.4, -0.2) is 76.8 Å². The van der Waals surface area contributed by atoms with Gasteiger partial charge >= 0.3 is 0 Å². The van der Waals surface area contributed by atoms with Crippen LogP contribution < -0.4 is 4.90 Å². The lowest BCUT2D eigenvalue weighted by molar-refractivity contribution is 0.130. The maximum atomic E-state index is 10.7. The minimum absolute atomic E-state index is 0.666. The van der Waals surface area contributed by atoms with Crippen LogP contribution in [0.3, 0.4) is 0 Å². The van der Waals surface area contributed by atoms with Gasteiger partial charge in [-0.05, 0) is 57.4 Å². The minimum Gasteiger partial charge on any atom is -0.373 e. The molecule has 180 valence electrons. The Hall–Kier alpha value is -2.41. The van der Waals surface area contributed by atoms with Crippen LogP contribution in [0.2, 0.25) is 0 Å². The second-order valence-electron chi connectivity index (χ2n) is 8.48. The van der Waals surface area contributed by atoms with E-state index in [1.807, 2.05) is 28.8 Å². The minimum atomic E-state index is -0.666. The van der Waals surface area contributed by atoms with E-state index in [0.29, 0.717) is 0 Å². The van der Waals surface area contributed by atoms with Gasteiger partial charge in [0.2, 0.25) is 0 Å². The number of hydrogen-bond acceptors (Lipinski definition) is 5. The van der Waals surface area contributed by atoms with Crippen LogP contribution in [0.1, 0.15) is 40.8 Å². The van der Waals surface area contributed by atoms with Gasteiger partial charge in [0.25, 0.3) is 0 Å². The van der Waals surface area contributed by atoms with Crippen LogP contribution in [0, 0.1) is 0 Å². The van der Waals surface area contributed by atoms with E-state index in [2.05, 4.69) is 66.7 Å². The van der Waals surface area contributed by atoms with Crippen molar-refractivity contribution in [1.82, 2.24) is 19.4 Å². The van der Waals surface area contributed by atoms with Crippen molar-refractivity contribution in [1.29, 1.82) is 0 Å². The van der Waals surface area contributed by atoms with Crippen LogP contribution in [0.25, 0.3) is 22.4 Å². The van der Waals surface area contributed by atoms with Gasteiger partial charge in [0.1, 0.15) is 12.1 Å². The summed E-state index contributed by atoms with van der Waals surface area (Å²) in [5, 5.41) is 10.7. The van der Waals surface area contributed by atoms with Crippen molar-refractivity contribution < 1.29 is 5.11 Å². The summed E-state index contributed by atoms with van der Waals surface area (Å²) in [6, 6.07) is 16.5.